The largest absolute Gasteiger partial charge is 0.469 e. The number of carbonyl (C=O) groups excluding carboxylic acids is 2. The van der Waals surface area contributed by atoms with Gasteiger partial charge in [-0.1, -0.05) is 30.3 Å². The number of nitrogens with zero attached hydrogens (tertiary/aromatic N) is 1. The second-order valence-corrected chi connectivity index (χ2v) is 4.73. The predicted octanol–water partition coefficient (Wildman–Crippen LogP) is 1.10. The van der Waals surface area contributed by atoms with Gasteiger partial charge in [-0.15, -0.1) is 0 Å². The van der Waals surface area contributed by atoms with Crippen LogP contribution in [0.3, 0.4) is 0 Å². The Morgan fingerprint density at radius 1 is 1.17 bits per heavy atom. The van der Waals surface area contributed by atoms with Gasteiger partial charge >= 0.3 is 5.97 Å². The van der Waals surface area contributed by atoms with Crippen molar-refractivity contribution in [3.8, 4) is 0 Å². The molecule has 1 aromatic rings. The number of aliphatic hydroxyl groups excluding tert-OH is 1. The van der Waals surface area contributed by atoms with E-state index >= 15 is 0 Å². The second kappa shape index (κ2) is 11.4. The van der Waals surface area contributed by atoms with Crippen molar-refractivity contribution in [2.24, 2.45) is 0 Å². The summed E-state index contributed by atoms with van der Waals surface area (Å²) < 4.78 is 9.77. The molecule has 0 fully saturated rings. The molecule has 1 amide bonds. The minimum Gasteiger partial charge on any atom is -0.469 e. The fraction of sp³-hybridized carbons (Fsp3) is 0.412. The number of ether oxygens (including phenoxy) is 2. The molecule has 0 aliphatic heterocycles. The first kappa shape index (κ1) is 18.9. The molecule has 0 radical (unpaired) electrons. The molecule has 6 nitrogen and oxygen atoms in total. The van der Waals surface area contributed by atoms with Gasteiger partial charge < -0.3 is 19.5 Å². The van der Waals surface area contributed by atoms with Crippen LogP contribution >= 0.6 is 0 Å². The van der Waals surface area contributed by atoms with Gasteiger partial charge in [-0.25, -0.2) is 0 Å². The van der Waals surface area contributed by atoms with E-state index in [-0.39, 0.29) is 38.1 Å². The third kappa shape index (κ3) is 8.13. The van der Waals surface area contributed by atoms with Gasteiger partial charge in [-0.2, -0.15) is 0 Å². The van der Waals surface area contributed by atoms with E-state index in [1.165, 1.54) is 18.1 Å². The topological polar surface area (TPSA) is 76.1 Å². The van der Waals surface area contributed by atoms with Gasteiger partial charge in [-0.05, 0) is 11.6 Å². The minimum atomic E-state index is -0.369. The summed E-state index contributed by atoms with van der Waals surface area (Å²) in [5.41, 5.74) is 0.922. The van der Waals surface area contributed by atoms with Crippen molar-refractivity contribution in [1.29, 1.82) is 0 Å². The third-order valence-electron chi connectivity index (χ3n) is 3.08. The van der Waals surface area contributed by atoms with Gasteiger partial charge in [0.05, 0.1) is 33.4 Å². The Labute approximate surface area is 136 Å². The summed E-state index contributed by atoms with van der Waals surface area (Å²) in [5, 5.41) is 8.68. The molecule has 23 heavy (non-hydrogen) atoms. The highest BCUT2D eigenvalue weighted by Crippen LogP contribution is 2.03. The van der Waals surface area contributed by atoms with Crippen LogP contribution in [0.15, 0.2) is 36.4 Å². The number of benzene rings is 1. The lowest BCUT2D eigenvalue weighted by Crippen LogP contribution is -2.35. The summed E-state index contributed by atoms with van der Waals surface area (Å²) in [6.45, 7) is 1.05. The molecule has 1 aromatic carbocycles. The van der Waals surface area contributed by atoms with E-state index in [4.69, 9.17) is 9.84 Å². The summed E-state index contributed by atoms with van der Waals surface area (Å²) in [6.07, 6.45) is 3.32. The third-order valence-corrected chi connectivity index (χ3v) is 3.08. The van der Waals surface area contributed by atoms with Crippen LogP contribution in [0.2, 0.25) is 0 Å². The van der Waals surface area contributed by atoms with Crippen LogP contribution in [0.5, 0.6) is 0 Å². The highest BCUT2D eigenvalue weighted by Gasteiger charge is 2.12. The number of rotatable bonds is 10. The Kier molecular flexibility index (Phi) is 9.35. The van der Waals surface area contributed by atoms with Gasteiger partial charge in [0.2, 0.25) is 5.91 Å². The van der Waals surface area contributed by atoms with Gasteiger partial charge in [0.15, 0.2) is 0 Å². The van der Waals surface area contributed by atoms with Crippen molar-refractivity contribution < 1.29 is 24.2 Å². The van der Waals surface area contributed by atoms with E-state index in [1.54, 1.807) is 6.08 Å². The van der Waals surface area contributed by atoms with E-state index in [2.05, 4.69) is 4.74 Å². The first-order valence-electron chi connectivity index (χ1n) is 7.45. The lowest BCUT2D eigenvalue weighted by atomic mass is 10.2. The van der Waals surface area contributed by atoms with Crippen molar-refractivity contribution in [3.63, 3.8) is 0 Å². The molecule has 0 bridgehead atoms. The fourth-order valence-electron chi connectivity index (χ4n) is 1.84. The standard InChI is InChI=1S/C17H23NO5/c1-22-17(21)9-10-18(11-13-23-14-12-19)16(20)8-7-15-5-3-2-4-6-15/h2-8,19H,9-14H2,1H3/b8-7+. The highest BCUT2D eigenvalue weighted by atomic mass is 16.5. The first-order valence-corrected chi connectivity index (χ1v) is 7.45. The number of esters is 1. The molecular weight excluding hydrogens is 298 g/mol. The van der Waals surface area contributed by atoms with Crippen molar-refractivity contribution >= 4 is 18.0 Å². The molecule has 1 N–H and O–H groups in total. The number of aliphatic hydroxyl groups is 1. The number of hydrogen-bond donors (Lipinski definition) is 1. The molecule has 0 atom stereocenters. The number of carbonyl (C=O) groups is 2. The van der Waals surface area contributed by atoms with E-state index in [9.17, 15) is 9.59 Å². The van der Waals surface area contributed by atoms with Gasteiger partial charge in [0.1, 0.15) is 0 Å². The van der Waals surface area contributed by atoms with Crippen LogP contribution in [0, 0.1) is 0 Å². The van der Waals surface area contributed by atoms with Crippen LogP contribution in [-0.4, -0.2) is 61.9 Å². The molecule has 0 heterocycles. The van der Waals surface area contributed by atoms with Crippen molar-refractivity contribution in [2.45, 2.75) is 6.42 Å². The minimum absolute atomic E-state index is 0.0655. The molecule has 0 aliphatic carbocycles. The fourth-order valence-corrected chi connectivity index (χ4v) is 1.84. The lowest BCUT2D eigenvalue weighted by molar-refractivity contribution is -0.141. The molecular formula is C17H23NO5. The Bertz CT molecular complexity index is 501. The molecule has 0 aromatic heterocycles. The summed E-state index contributed by atoms with van der Waals surface area (Å²) in [6, 6.07) is 9.48. The summed E-state index contributed by atoms with van der Waals surface area (Å²) in [7, 11) is 1.31. The van der Waals surface area contributed by atoms with Crippen LogP contribution < -0.4 is 0 Å². The van der Waals surface area contributed by atoms with Crippen LogP contribution in [0.25, 0.3) is 6.08 Å². The summed E-state index contributed by atoms with van der Waals surface area (Å²) in [5.74, 6) is -0.573. The van der Waals surface area contributed by atoms with E-state index in [0.717, 1.165) is 5.56 Å². The lowest BCUT2D eigenvalue weighted by Gasteiger charge is -2.20. The maximum atomic E-state index is 12.3. The van der Waals surface area contributed by atoms with Crippen LogP contribution in [0.1, 0.15) is 12.0 Å². The average Bonchev–Trinajstić information content (AvgIpc) is 2.59. The zero-order chi connectivity index (χ0) is 16.9. The molecule has 6 heteroatoms. The van der Waals surface area contributed by atoms with Gasteiger partial charge in [0, 0.05) is 19.2 Å². The number of hydrogen-bond acceptors (Lipinski definition) is 5. The van der Waals surface area contributed by atoms with Gasteiger partial charge in [0.25, 0.3) is 0 Å². The second-order valence-electron chi connectivity index (χ2n) is 4.73. The van der Waals surface area contributed by atoms with E-state index < -0.39 is 0 Å². The monoisotopic (exact) mass is 321 g/mol. The quantitative estimate of drug-likeness (QED) is 0.397. The SMILES string of the molecule is COC(=O)CCN(CCOCCO)C(=O)/C=C/c1ccccc1. The Morgan fingerprint density at radius 3 is 2.57 bits per heavy atom. The Hall–Kier alpha value is -2.18. The maximum Gasteiger partial charge on any atom is 0.307 e. The number of amides is 1. The normalized spacial score (nSPS) is 10.7. The van der Waals surface area contributed by atoms with E-state index in [1.807, 2.05) is 30.3 Å². The first-order chi connectivity index (χ1) is 11.2. The zero-order valence-corrected chi connectivity index (χ0v) is 13.3. The zero-order valence-electron chi connectivity index (χ0n) is 13.3. The summed E-state index contributed by atoms with van der Waals surface area (Å²) >= 11 is 0. The Balaban J connectivity index is 2.58. The summed E-state index contributed by atoms with van der Waals surface area (Å²) in [4.78, 5) is 25.0. The molecule has 0 spiro atoms. The molecule has 0 saturated carbocycles. The molecule has 0 unspecified atom stereocenters. The van der Waals surface area contributed by atoms with Crippen LogP contribution in [-0.2, 0) is 19.1 Å². The van der Waals surface area contributed by atoms with E-state index in [0.29, 0.717) is 13.2 Å². The average molecular weight is 321 g/mol. The highest BCUT2D eigenvalue weighted by molar-refractivity contribution is 5.92. The smallest absolute Gasteiger partial charge is 0.307 e. The van der Waals surface area contributed by atoms with Crippen molar-refractivity contribution in [2.75, 3.05) is 40.0 Å². The molecule has 126 valence electrons. The Morgan fingerprint density at radius 2 is 1.91 bits per heavy atom. The predicted molar refractivity (Wildman–Crippen MR) is 86.6 cm³/mol. The molecule has 0 saturated heterocycles. The number of methoxy groups -OCH3 is 1. The molecule has 0 aliphatic rings. The maximum absolute atomic E-state index is 12.3. The van der Waals surface area contributed by atoms with Crippen LogP contribution in [0.4, 0.5) is 0 Å². The van der Waals surface area contributed by atoms with Crippen molar-refractivity contribution in [3.05, 3.63) is 42.0 Å². The van der Waals surface area contributed by atoms with Crippen molar-refractivity contribution in [1.82, 2.24) is 4.90 Å². The van der Waals surface area contributed by atoms with Gasteiger partial charge in [-0.3, -0.25) is 9.59 Å². The molecule has 1 rings (SSSR count).